The molecule has 0 aliphatic carbocycles. The van der Waals surface area contributed by atoms with Gasteiger partial charge in [-0.1, -0.05) is 37.3 Å². The van der Waals surface area contributed by atoms with E-state index >= 15 is 0 Å². The Morgan fingerprint density at radius 1 is 0.882 bits per heavy atom. The van der Waals surface area contributed by atoms with Crippen LogP contribution in [0.5, 0.6) is 0 Å². The van der Waals surface area contributed by atoms with Crippen LogP contribution in [0.15, 0.2) is 66.7 Å². The predicted molar refractivity (Wildman–Crippen MR) is 127 cm³/mol. The molecule has 1 N–H and O–H groups in total. The number of hydrogen-bond acceptors (Lipinski definition) is 1. The first-order chi connectivity index (χ1) is 16.1. The van der Waals surface area contributed by atoms with Gasteiger partial charge in [0.25, 0.3) is 11.8 Å². The van der Waals surface area contributed by atoms with Crippen molar-refractivity contribution in [1.82, 2.24) is 0 Å². The van der Waals surface area contributed by atoms with E-state index in [1.807, 2.05) is 37.3 Å². The molecule has 0 saturated carbocycles. The molecule has 1 amide bonds. The fraction of sp³-hybridized carbons (Fsp3) is 0.179. The number of nitrogens with one attached hydrogen (secondary N) is 1. The van der Waals surface area contributed by atoms with Crippen LogP contribution in [0.25, 0.3) is 21.9 Å². The molecule has 0 radical (unpaired) electrons. The first-order valence-electron chi connectivity index (χ1n) is 10.9. The Bertz CT molecular complexity index is 1410. The molecule has 0 spiro atoms. The second-order valence-electron chi connectivity index (χ2n) is 8.38. The molecule has 0 heterocycles. The van der Waals surface area contributed by atoms with Gasteiger partial charge in [-0.15, -0.1) is 0 Å². The summed E-state index contributed by atoms with van der Waals surface area (Å²) in [6.45, 7) is 5.36. The van der Waals surface area contributed by atoms with Crippen molar-refractivity contribution >= 4 is 22.4 Å². The lowest BCUT2D eigenvalue weighted by molar-refractivity contribution is -0.00860. The van der Waals surface area contributed by atoms with Crippen molar-refractivity contribution in [2.75, 3.05) is 5.32 Å². The molecule has 0 atom stereocenters. The third kappa shape index (κ3) is 4.53. The van der Waals surface area contributed by atoms with Crippen molar-refractivity contribution in [3.63, 3.8) is 0 Å². The van der Waals surface area contributed by atoms with Crippen LogP contribution in [0, 0.1) is 25.5 Å². The van der Waals surface area contributed by atoms with E-state index in [0.717, 1.165) is 28.5 Å². The van der Waals surface area contributed by atoms with Crippen molar-refractivity contribution in [3.05, 3.63) is 101 Å². The molecule has 0 aliphatic rings. The minimum absolute atomic E-state index is 0.129. The number of carbonyl (C=O) groups excluding carboxylic acids is 1. The Labute approximate surface area is 195 Å². The van der Waals surface area contributed by atoms with Gasteiger partial charge >= 0.3 is 0 Å². The maximum Gasteiger partial charge on any atom is 0.273 e. The first-order valence-corrected chi connectivity index (χ1v) is 10.9. The van der Waals surface area contributed by atoms with Crippen molar-refractivity contribution in [2.24, 2.45) is 0 Å². The maximum atomic E-state index is 14.5. The summed E-state index contributed by atoms with van der Waals surface area (Å²) < 4.78 is 56.5. The molecular formula is C28H23F4NO. The summed E-state index contributed by atoms with van der Waals surface area (Å²) in [5, 5.41) is 4.53. The van der Waals surface area contributed by atoms with Gasteiger partial charge in [0.15, 0.2) is 0 Å². The average Bonchev–Trinajstić information content (AvgIpc) is 2.82. The zero-order chi connectivity index (χ0) is 24.6. The van der Waals surface area contributed by atoms with Crippen molar-refractivity contribution in [3.8, 4) is 11.1 Å². The molecule has 2 nitrogen and oxygen atoms in total. The first kappa shape index (κ1) is 23.5. The van der Waals surface area contributed by atoms with Gasteiger partial charge in [-0.05, 0) is 83.3 Å². The Kier molecular flexibility index (Phi) is 6.17. The van der Waals surface area contributed by atoms with Crippen molar-refractivity contribution < 1.29 is 22.4 Å². The average molecular weight is 465 g/mol. The second-order valence-corrected chi connectivity index (χ2v) is 8.38. The normalized spacial score (nSPS) is 11.6. The molecule has 0 fully saturated rings. The van der Waals surface area contributed by atoms with Crippen LogP contribution in [0.1, 0.15) is 40.4 Å². The SMILES string of the molecule is CCC(F)(F)c1cc(F)cc(C(=O)Nc2cc(-c3ccc4c(C)c(C)ccc4c3)ccc2F)c1. The van der Waals surface area contributed by atoms with Crippen LogP contribution >= 0.6 is 0 Å². The van der Waals surface area contributed by atoms with Crippen LogP contribution in [-0.4, -0.2) is 5.91 Å². The lowest BCUT2D eigenvalue weighted by Crippen LogP contribution is -2.17. The highest BCUT2D eigenvalue weighted by Crippen LogP contribution is 2.33. The number of fused-ring (bicyclic) bond motifs is 1. The minimum atomic E-state index is -3.28. The zero-order valence-corrected chi connectivity index (χ0v) is 19.0. The quantitative estimate of drug-likeness (QED) is 0.296. The molecule has 4 aromatic rings. The van der Waals surface area contributed by atoms with Gasteiger partial charge in [-0.2, -0.15) is 0 Å². The van der Waals surface area contributed by atoms with E-state index in [2.05, 4.69) is 12.2 Å². The van der Waals surface area contributed by atoms with Crippen LogP contribution in [-0.2, 0) is 5.92 Å². The van der Waals surface area contributed by atoms with Gasteiger partial charge in [0.2, 0.25) is 0 Å². The fourth-order valence-corrected chi connectivity index (χ4v) is 3.91. The number of aryl methyl sites for hydroxylation is 2. The number of amides is 1. The van der Waals surface area contributed by atoms with E-state index in [1.54, 1.807) is 6.07 Å². The monoisotopic (exact) mass is 465 g/mol. The standard InChI is InChI=1S/C28H23F4NO/c1-4-28(31,32)22-12-21(13-23(29)15-22)27(34)33-26-14-19(8-10-25(26)30)18-7-9-24-17(3)16(2)5-6-20(24)11-18/h5-15H,4H2,1-3H3,(H,33,34). The van der Waals surface area contributed by atoms with Crippen molar-refractivity contribution in [1.29, 1.82) is 0 Å². The topological polar surface area (TPSA) is 29.1 Å². The summed E-state index contributed by atoms with van der Waals surface area (Å²) in [6.07, 6.45) is -0.543. The largest absolute Gasteiger partial charge is 0.319 e. The maximum absolute atomic E-state index is 14.5. The third-order valence-corrected chi connectivity index (χ3v) is 6.13. The number of hydrogen-bond donors (Lipinski definition) is 1. The predicted octanol–water partition coefficient (Wildman–Crippen LogP) is 8.16. The van der Waals surface area contributed by atoms with Gasteiger partial charge in [0.1, 0.15) is 11.6 Å². The van der Waals surface area contributed by atoms with E-state index in [9.17, 15) is 22.4 Å². The molecule has 0 unspecified atom stereocenters. The molecular weight excluding hydrogens is 442 g/mol. The number of rotatable bonds is 5. The smallest absolute Gasteiger partial charge is 0.273 e. The highest BCUT2D eigenvalue weighted by Gasteiger charge is 2.30. The summed E-state index contributed by atoms with van der Waals surface area (Å²) >= 11 is 0. The van der Waals surface area contributed by atoms with Crippen LogP contribution in [0.2, 0.25) is 0 Å². The third-order valence-electron chi connectivity index (χ3n) is 6.13. The molecule has 174 valence electrons. The summed E-state index contributed by atoms with van der Waals surface area (Å²) in [6, 6.07) is 16.7. The molecule has 0 bridgehead atoms. The molecule has 0 aliphatic heterocycles. The number of carbonyl (C=O) groups is 1. The van der Waals surface area contributed by atoms with E-state index in [-0.39, 0.29) is 11.3 Å². The van der Waals surface area contributed by atoms with Crippen LogP contribution in [0.3, 0.4) is 0 Å². The van der Waals surface area contributed by atoms with Gasteiger partial charge in [-0.25, -0.2) is 17.6 Å². The Morgan fingerprint density at radius 3 is 2.32 bits per heavy atom. The molecule has 4 rings (SSSR count). The highest BCUT2D eigenvalue weighted by atomic mass is 19.3. The van der Waals surface area contributed by atoms with Crippen molar-refractivity contribution in [2.45, 2.75) is 33.1 Å². The Morgan fingerprint density at radius 2 is 1.59 bits per heavy atom. The molecule has 0 saturated heterocycles. The summed E-state index contributed by atoms with van der Waals surface area (Å²) in [7, 11) is 0. The summed E-state index contributed by atoms with van der Waals surface area (Å²) in [5.74, 6) is -5.82. The summed E-state index contributed by atoms with van der Waals surface area (Å²) in [4.78, 5) is 12.7. The lowest BCUT2D eigenvalue weighted by atomic mass is 9.96. The van der Waals surface area contributed by atoms with Gasteiger partial charge < -0.3 is 5.32 Å². The van der Waals surface area contributed by atoms with E-state index in [1.165, 1.54) is 30.2 Å². The highest BCUT2D eigenvalue weighted by molar-refractivity contribution is 6.05. The Balaban J connectivity index is 1.67. The van der Waals surface area contributed by atoms with Gasteiger partial charge in [0.05, 0.1) is 5.69 Å². The van der Waals surface area contributed by atoms with E-state index in [4.69, 9.17) is 0 Å². The second kappa shape index (κ2) is 8.93. The number of benzene rings is 4. The molecule has 6 heteroatoms. The minimum Gasteiger partial charge on any atom is -0.319 e. The van der Waals surface area contributed by atoms with E-state index < -0.39 is 35.4 Å². The fourth-order valence-electron chi connectivity index (χ4n) is 3.91. The number of halogens is 4. The van der Waals surface area contributed by atoms with Crippen LogP contribution in [0.4, 0.5) is 23.2 Å². The number of anilines is 1. The lowest BCUT2D eigenvalue weighted by Gasteiger charge is -2.16. The van der Waals surface area contributed by atoms with Gasteiger partial charge in [0, 0.05) is 17.5 Å². The van der Waals surface area contributed by atoms with Gasteiger partial charge in [-0.3, -0.25) is 4.79 Å². The Hall–Kier alpha value is -3.67. The zero-order valence-electron chi connectivity index (χ0n) is 19.0. The van der Waals surface area contributed by atoms with E-state index in [0.29, 0.717) is 11.6 Å². The number of alkyl halides is 2. The molecule has 34 heavy (non-hydrogen) atoms. The molecule has 4 aromatic carbocycles. The summed E-state index contributed by atoms with van der Waals surface area (Å²) in [5.41, 5.74) is 2.80. The molecule has 0 aromatic heterocycles. The van der Waals surface area contributed by atoms with Crippen LogP contribution < -0.4 is 5.32 Å².